The van der Waals surface area contributed by atoms with Gasteiger partial charge in [-0.15, -0.1) is 0 Å². The Labute approximate surface area is 173 Å². The van der Waals surface area contributed by atoms with E-state index in [0.29, 0.717) is 22.2 Å². The topological polar surface area (TPSA) is 84.1 Å². The van der Waals surface area contributed by atoms with Gasteiger partial charge in [0.2, 0.25) is 0 Å². The van der Waals surface area contributed by atoms with Crippen molar-refractivity contribution in [2.75, 3.05) is 12.4 Å². The monoisotopic (exact) mass is 399 g/mol. The number of hydrogen-bond acceptors (Lipinski definition) is 4. The molecule has 0 aliphatic carbocycles. The van der Waals surface area contributed by atoms with Crippen molar-refractivity contribution in [3.8, 4) is 0 Å². The van der Waals surface area contributed by atoms with Gasteiger partial charge in [0.25, 0.3) is 5.91 Å². The van der Waals surface area contributed by atoms with Crippen LogP contribution in [-0.2, 0) is 17.6 Å². The lowest BCUT2D eigenvalue weighted by Crippen LogP contribution is -2.15. The molecule has 3 aromatic carbocycles. The number of anilines is 1. The molecule has 4 rings (SSSR count). The number of nitrogens with one attached hydrogen (secondary N) is 2. The Morgan fingerprint density at radius 3 is 2.50 bits per heavy atom. The SMILES string of the molecule is COC(=O)c1n[nH]c2cccc(NC(=O)c3ccccc3CCc3ccccc3)c12. The Bertz CT molecular complexity index is 1200. The second kappa shape index (κ2) is 8.61. The quantitative estimate of drug-likeness (QED) is 0.471. The number of carbonyl (C=O) groups is 2. The van der Waals surface area contributed by atoms with Crippen LogP contribution in [-0.4, -0.2) is 29.2 Å². The van der Waals surface area contributed by atoms with Crippen LogP contribution in [0.2, 0.25) is 0 Å². The van der Waals surface area contributed by atoms with Crippen LogP contribution >= 0.6 is 0 Å². The molecule has 0 spiro atoms. The maximum atomic E-state index is 13.1. The smallest absolute Gasteiger partial charge is 0.359 e. The molecule has 0 aliphatic heterocycles. The van der Waals surface area contributed by atoms with Crippen molar-refractivity contribution in [2.24, 2.45) is 0 Å². The highest BCUT2D eigenvalue weighted by atomic mass is 16.5. The third kappa shape index (κ3) is 3.93. The second-order valence-electron chi connectivity index (χ2n) is 6.89. The minimum Gasteiger partial charge on any atom is -0.464 e. The van der Waals surface area contributed by atoms with E-state index in [1.807, 2.05) is 42.5 Å². The van der Waals surface area contributed by atoms with Gasteiger partial charge in [0.1, 0.15) is 0 Å². The van der Waals surface area contributed by atoms with Gasteiger partial charge in [-0.05, 0) is 42.2 Å². The molecule has 1 amide bonds. The number of rotatable bonds is 6. The van der Waals surface area contributed by atoms with E-state index in [1.165, 1.54) is 12.7 Å². The van der Waals surface area contributed by atoms with Crippen LogP contribution in [0.1, 0.15) is 32.0 Å². The first kappa shape index (κ1) is 19.4. The molecule has 4 aromatic rings. The first-order valence-corrected chi connectivity index (χ1v) is 9.66. The van der Waals surface area contributed by atoms with Gasteiger partial charge in [0, 0.05) is 5.56 Å². The summed E-state index contributed by atoms with van der Waals surface area (Å²) in [5.41, 5.74) is 4.08. The first-order chi connectivity index (χ1) is 14.7. The van der Waals surface area contributed by atoms with E-state index < -0.39 is 5.97 Å². The number of H-pyrrole nitrogens is 1. The molecule has 2 N–H and O–H groups in total. The number of aromatic amines is 1. The molecular formula is C24H21N3O3. The zero-order chi connectivity index (χ0) is 20.9. The van der Waals surface area contributed by atoms with Crippen LogP contribution in [0.15, 0.2) is 72.8 Å². The number of fused-ring (bicyclic) bond motifs is 1. The Morgan fingerprint density at radius 1 is 0.933 bits per heavy atom. The van der Waals surface area contributed by atoms with Gasteiger partial charge in [0.15, 0.2) is 5.69 Å². The summed E-state index contributed by atoms with van der Waals surface area (Å²) < 4.78 is 4.81. The van der Waals surface area contributed by atoms with Crippen molar-refractivity contribution in [1.29, 1.82) is 0 Å². The summed E-state index contributed by atoms with van der Waals surface area (Å²) in [6.45, 7) is 0. The van der Waals surface area contributed by atoms with Crippen LogP contribution in [0, 0.1) is 0 Å². The number of ether oxygens (including phenoxy) is 1. The standard InChI is InChI=1S/C24H21N3O3/c1-30-24(29)22-21-19(12-7-13-20(21)26-27-22)25-23(28)18-11-6-5-10-17(18)15-14-16-8-3-2-4-9-16/h2-13H,14-15H2,1H3,(H,25,28)(H,26,27). The minimum absolute atomic E-state index is 0.140. The van der Waals surface area contributed by atoms with Crippen molar-refractivity contribution in [3.63, 3.8) is 0 Å². The van der Waals surface area contributed by atoms with Crippen LogP contribution in [0.25, 0.3) is 10.9 Å². The average molecular weight is 399 g/mol. The van der Waals surface area contributed by atoms with E-state index in [1.54, 1.807) is 18.2 Å². The molecule has 6 nitrogen and oxygen atoms in total. The van der Waals surface area contributed by atoms with Crippen molar-refractivity contribution in [3.05, 3.63) is 95.2 Å². The van der Waals surface area contributed by atoms with Gasteiger partial charge >= 0.3 is 5.97 Å². The fourth-order valence-electron chi connectivity index (χ4n) is 3.49. The highest BCUT2D eigenvalue weighted by Gasteiger charge is 2.19. The molecule has 150 valence electrons. The first-order valence-electron chi connectivity index (χ1n) is 9.66. The summed E-state index contributed by atoms with van der Waals surface area (Å²) >= 11 is 0. The third-order valence-electron chi connectivity index (χ3n) is 5.00. The predicted molar refractivity (Wildman–Crippen MR) is 116 cm³/mol. The summed E-state index contributed by atoms with van der Waals surface area (Å²) in [5.74, 6) is -0.797. The Morgan fingerprint density at radius 2 is 1.70 bits per heavy atom. The molecule has 0 atom stereocenters. The lowest BCUT2D eigenvalue weighted by Gasteiger charge is -2.11. The molecule has 0 saturated heterocycles. The van der Waals surface area contributed by atoms with E-state index in [9.17, 15) is 9.59 Å². The molecule has 0 unspecified atom stereocenters. The molecule has 0 aliphatic rings. The van der Waals surface area contributed by atoms with Crippen molar-refractivity contribution in [2.45, 2.75) is 12.8 Å². The fourth-order valence-corrected chi connectivity index (χ4v) is 3.49. The van der Waals surface area contributed by atoms with Gasteiger partial charge in [-0.3, -0.25) is 9.89 Å². The average Bonchev–Trinajstić information content (AvgIpc) is 3.23. The number of aromatic nitrogens is 2. The van der Waals surface area contributed by atoms with Crippen LogP contribution in [0.5, 0.6) is 0 Å². The summed E-state index contributed by atoms with van der Waals surface area (Å²) in [4.78, 5) is 25.2. The van der Waals surface area contributed by atoms with E-state index >= 15 is 0 Å². The molecule has 30 heavy (non-hydrogen) atoms. The Hall–Kier alpha value is -3.93. The molecular weight excluding hydrogens is 378 g/mol. The molecule has 0 saturated carbocycles. The predicted octanol–water partition coefficient (Wildman–Crippen LogP) is 4.39. The van der Waals surface area contributed by atoms with Crippen molar-refractivity contribution in [1.82, 2.24) is 10.2 Å². The van der Waals surface area contributed by atoms with Crippen LogP contribution in [0.4, 0.5) is 5.69 Å². The number of esters is 1. The number of amides is 1. The van der Waals surface area contributed by atoms with E-state index in [2.05, 4.69) is 27.6 Å². The van der Waals surface area contributed by atoms with Gasteiger partial charge in [-0.1, -0.05) is 54.6 Å². The summed E-state index contributed by atoms with van der Waals surface area (Å²) in [6.07, 6.45) is 1.59. The molecule has 6 heteroatoms. The van der Waals surface area contributed by atoms with Crippen LogP contribution < -0.4 is 5.32 Å². The maximum absolute atomic E-state index is 13.1. The largest absolute Gasteiger partial charge is 0.464 e. The maximum Gasteiger partial charge on any atom is 0.359 e. The second-order valence-corrected chi connectivity index (χ2v) is 6.89. The van der Waals surface area contributed by atoms with Gasteiger partial charge < -0.3 is 10.1 Å². The summed E-state index contributed by atoms with van der Waals surface area (Å²) in [6, 6.07) is 23.1. The number of benzene rings is 3. The van der Waals surface area contributed by atoms with E-state index in [0.717, 1.165) is 18.4 Å². The number of aryl methyl sites for hydroxylation is 2. The molecule has 0 fully saturated rings. The van der Waals surface area contributed by atoms with Gasteiger partial charge in [-0.2, -0.15) is 5.10 Å². The van der Waals surface area contributed by atoms with Crippen molar-refractivity contribution < 1.29 is 14.3 Å². The van der Waals surface area contributed by atoms with Gasteiger partial charge in [0.05, 0.1) is 23.7 Å². The minimum atomic E-state index is -0.564. The lowest BCUT2D eigenvalue weighted by molar-refractivity contribution is 0.0596. The number of nitrogens with zero attached hydrogens (tertiary/aromatic N) is 1. The summed E-state index contributed by atoms with van der Waals surface area (Å²) in [7, 11) is 1.30. The number of carbonyl (C=O) groups excluding carboxylic acids is 2. The third-order valence-corrected chi connectivity index (χ3v) is 5.00. The fraction of sp³-hybridized carbons (Fsp3) is 0.125. The Kier molecular flexibility index (Phi) is 5.57. The highest BCUT2D eigenvalue weighted by Crippen LogP contribution is 2.26. The number of methoxy groups -OCH3 is 1. The Balaban J connectivity index is 1.61. The zero-order valence-corrected chi connectivity index (χ0v) is 16.5. The van der Waals surface area contributed by atoms with E-state index in [-0.39, 0.29) is 11.6 Å². The molecule has 0 bridgehead atoms. The molecule has 1 heterocycles. The van der Waals surface area contributed by atoms with Crippen molar-refractivity contribution >= 4 is 28.5 Å². The van der Waals surface area contributed by atoms with Crippen LogP contribution in [0.3, 0.4) is 0 Å². The summed E-state index contributed by atoms with van der Waals surface area (Å²) in [5, 5.41) is 10.3. The highest BCUT2D eigenvalue weighted by molar-refractivity contribution is 6.13. The van der Waals surface area contributed by atoms with Gasteiger partial charge in [-0.25, -0.2) is 4.79 Å². The van der Waals surface area contributed by atoms with E-state index in [4.69, 9.17) is 4.74 Å². The molecule has 0 radical (unpaired) electrons. The number of hydrogen-bond donors (Lipinski definition) is 2. The normalized spacial score (nSPS) is 10.7. The molecule has 1 aromatic heterocycles. The lowest BCUT2D eigenvalue weighted by atomic mass is 9.99. The zero-order valence-electron chi connectivity index (χ0n) is 16.5.